The van der Waals surface area contributed by atoms with E-state index in [1.807, 2.05) is 17.2 Å². The highest BCUT2D eigenvalue weighted by atomic mass is 16.6. The maximum Gasteiger partial charge on any atom is 0.337 e. The lowest BCUT2D eigenvalue weighted by Crippen LogP contribution is -2.52. The summed E-state index contributed by atoms with van der Waals surface area (Å²) in [6.07, 6.45) is 3.10. The number of hydrogen-bond donors (Lipinski definition) is 1. The van der Waals surface area contributed by atoms with Crippen molar-refractivity contribution in [1.29, 1.82) is 0 Å². The second-order valence-electron chi connectivity index (χ2n) is 15.2. The smallest absolute Gasteiger partial charge is 0.337 e. The molecule has 1 aromatic heterocycles. The van der Waals surface area contributed by atoms with Gasteiger partial charge in [-0.1, -0.05) is 37.0 Å². The van der Waals surface area contributed by atoms with Crippen molar-refractivity contribution in [3.05, 3.63) is 76.1 Å². The van der Waals surface area contributed by atoms with Gasteiger partial charge in [-0.3, -0.25) is 24.5 Å². The molecule has 3 aliphatic heterocycles. The maximum atomic E-state index is 13.0. The molecular weight excluding hydrogens is 817 g/mol. The van der Waals surface area contributed by atoms with E-state index in [-0.39, 0.29) is 61.9 Å². The lowest BCUT2D eigenvalue weighted by atomic mass is 9.80. The molecule has 0 aliphatic carbocycles. The van der Waals surface area contributed by atoms with Gasteiger partial charge in [0.25, 0.3) is 5.91 Å². The van der Waals surface area contributed by atoms with E-state index in [4.69, 9.17) is 33.2 Å². The first-order valence-corrected chi connectivity index (χ1v) is 21.3. The maximum absolute atomic E-state index is 13.0. The summed E-state index contributed by atoms with van der Waals surface area (Å²) < 4.78 is 40.4. The molecule has 1 fully saturated rings. The topological polar surface area (TPSA) is 199 Å². The third-order valence-corrected chi connectivity index (χ3v) is 11.2. The highest BCUT2D eigenvalue weighted by Gasteiger charge is 2.42. The van der Waals surface area contributed by atoms with Gasteiger partial charge < -0.3 is 43.0 Å². The number of ether oxygens (including phenoxy) is 7. The fourth-order valence-electron chi connectivity index (χ4n) is 8.15. The van der Waals surface area contributed by atoms with Crippen LogP contribution < -0.4 is 10.2 Å². The zero-order valence-electron chi connectivity index (χ0n) is 36.3. The minimum absolute atomic E-state index is 0.0206. The molecule has 18 heteroatoms. The highest BCUT2D eigenvalue weighted by Crippen LogP contribution is 2.44. The van der Waals surface area contributed by atoms with Crippen molar-refractivity contribution < 1.29 is 57.1 Å². The fraction of sp³-hybridized carbons (Fsp3) is 0.533. The lowest BCUT2D eigenvalue weighted by molar-refractivity contribution is -0.137. The van der Waals surface area contributed by atoms with Gasteiger partial charge in [-0.15, -0.1) is 5.10 Å². The number of nitrogens with one attached hydrogen (secondary N) is 1. The average Bonchev–Trinajstić information content (AvgIpc) is 3.88. The molecule has 3 aliphatic rings. The predicted octanol–water partition coefficient (Wildman–Crippen LogP) is 2.85. The van der Waals surface area contributed by atoms with Crippen LogP contribution in [0.1, 0.15) is 89.2 Å². The second-order valence-corrected chi connectivity index (χ2v) is 15.2. The summed E-state index contributed by atoms with van der Waals surface area (Å²) in [4.78, 5) is 65.3. The Balaban J connectivity index is 0.775. The number of benzene rings is 2. The molecule has 1 saturated heterocycles. The first-order valence-electron chi connectivity index (χ1n) is 21.3. The molecule has 2 aromatic carbocycles. The summed E-state index contributed by atoms with van der Waals surface area (Å²) in [5, 5.41) is 11.1. The number of hydrogen-bond acceptors (Lipinski definition) is 14. The van der Waals surface area contributed by atoms with Gasteiger partial charge in [0.05, 0.1) is 97.6 Å². The van der Waals surface area contributed by atoms with Crippen LogP contribution in [0.15, 0.2) is 42.6 Å². The van der Waals surface area contributed by atoms with Crippen LogP contribution in [0.5, 0.6) is 0 Å². The van der Waals surface area contributed by atoms with Crippen molar-refractivity contribution >= 4 is 35.3 Å². The second kappa shape index (κ2) is 23.2. The minimum atomic E-state index is -0.671. The van der Waals surface area contributed by atoms with Crippen molar-refractivity contribution in [3.63, 3.8) is 0 Å². The van der Waals surface area contributed by atoms with E-state index in [9.17, 15) is 24.0 Å². The molecule has 0 radical (unpaired) electrons. The number of anilines is 1. The van der Waals surface area contributed by atoms with E-state index in [0.29, 0.717) is 94.9 Å². The molecular formula is C45H56N6O12. The Morgan fingerprint density at radius 2 is 1.56 bits per heavy atom. The zero-order valence-corrected chi connectivity index (χ0v) is 36.3. The largest absolute Gasteiger partial charge is 0.465 e. The molecule has 1 N–H and O–H groups in total. The van der Waals surface area contributed by atoms with Gasteiger partial charge in [0.15, 0.2) is 0 Å². The third kappa shape index (κ3) is 11.9. The van der Waals surface area contributed by atoms with E-state index in [1.165, 1.54) is 12.0 Å². The van der Waals surface area contributed by atoms with Crippen molar-refractivity contribution in [2.45, 2.75) is 71.3 Å². The van der Waals surface area contributed by atoms with Crippen molar-refractivity contribution in [3.8, 4) is 11.8 Å². The molecule has 4 heterocycles. The summed E-state index contributed by atoms with van der Waals surface area (Å²) >= 11 is 0. The van der Waals surface area contributed by atoms with Gasteiger partial charge in [0, 0.05) is 54.2 Å². The summed E-state index contributed by atoms with van der Waals surface area (Å²) in [6.45, 7) is 10.4. The van der Waals surface area contributed by atoms with Crippen molar-refractivity contribution in [2.75, 3.05) is 84.7 Å². The number of fused-ring (bicyclic) bond motifs is 2. The van der Waals surface area contributed by atoms with Gasteiger partial charge in [-0.05, 0) is 48.7 Å². The molecule has 0 spiro atoms. The number of rotatable bonds is 22. The Bertz CT molecular complexity index is 2150. The van der Waals surface area contributed by atoms with Crippen LogP contribution in [0.25, 0.3) is 0 Å². The summed E-state index contributed by atoms with van der Waals surface area (Å²) in [7, 11) is 1.34. The highest BCUT2D eigenvalue weighted by molar-refractivity contribution is 6.05. The standard InChI is InChI=1S/C45H56N6O12/c1-5-38-30(2)42(36-26-33(45(56)57-4)11-12-39(36)51(38)31(3)52)50-27-34(47-48-50)29-63-25-24-62-23-22-61-21-20-60-19-18-59-17-16-58-15-7-9-32-8-6-10-35-37(32)28-49(44(35)55)40-13-14-41(53)46-43(40)54/h6,8,10-12,26-27,30,38,40,42H,5,13-25,28-29H2,1-4H3,(H,46,53,54)/t30-,38?,40?,42?/m1/s1. The Hall–Kier alpha value is -5.55. The number of imide groups is 1. The third-order valence-electron chi connectivity index (χ3n) is 11.2. The van der Waals surface area contributed by atoms with Crippen LogP contribution in [0.2, 0.25) is 0 Å². The van der Waals surface area contributed by atoms with E-state index in [2.05, 4.69) is 41.3 Å². The number of methoxy groups -OCH3 is 1. The number of aromatic nitrogens is 3. The number of esters is 1. The summed E-state index contributed by atoms with van der Waals surface area (Å²) in [6, 6.07) is 9.59. The van der Waals surface area contributed by atoms with Gasteiger partial charge in [-0.25, -0.2) is 9.48 Å². The van der Waals surface area contributed by atoms with Gasteiger partial charge in [-0.2, -0.15) is 0 Å². The monoisotopic (exact) mass is 872 g/mol. The van der Waals surface area contributed by atoms with Gasteiger partial charge in [0.1, 0.15) is 18.3 Å². The average molecular weight is 873 g/mol. The number of amides is 4. The molecule has 6 rings (SSSR count). The Kier molecular flexibility index (Phi) is 17.3. The molecule has 18 nitrogen and oxygen atoms in total. The van der Waals surface area contributed by atoms with Crippen molar-refractivity contribution in [2.24, 2.45) is 5.92 Å². The Morgan fingerprint density at radius 3 is 2.19 bits per heavy atom. The quantitative estimate of drug-likeness (QED) is 0.0669. The van der Waals surface area contributed by atoms with E-state index in [0.717, 1.165) is 23.2 Å². The SMILES string of the molecule is CCC1[C@@H](C)C(n2cc(COCCOCCOCCOCCOCCOCC#Cc3cccc4c3CN(C3CCC(=O)NC3=O)C4=O)nn2)c2cc(C(=O)OC)ccc2N1C(C)=O. The number of nitrogens with zero attached hydrogens (tertiary/aromatic N) is 5. The number of piperidine rings is 1. The molecule has 3 aromatic rings. The van der Waals surface area contributed by atoms with Crippen LogP contribution in [0.3, 0.4) is 0 Å². The number of carbonyl (C=O) groups is 5. The molecule has 4 atom stereocenters. The normalized spacial score (nSPS) is 19.3. The van der Waals surface area contributed by atoms with Gasteiger partial charge >= 0.3 is 5.97 Å². The minimum Gasteiger partial charge on any atom is -0.465 e. The molecule has 338 valence electrons. The van der Waals surface area contributed by atoms with Crippen LogP contribution in [-0.2, 0) is 60.7 Å². The number of carbonyl (C=O) groups excluding carboxylic acids is 5. The van der Waals surface area contributed by atoms with E-state index >= 15 is 0 Å². The summed E-state index contributed by atoms with van der Waals surface area (Å²) in [5.74, 6) is 4.52. The first kappa shape index (κ1) is 46.9. The lowest BCUT2D eigenvalue weighted by Gasteiger charge is -2.44. The Labute approximate surface area is 366 Å². The fourth-order valence-corrected chi connectivity index (χ4v) is 8.15. The molecule has 3 unspecified atom stereocenters. The molecule has 0 bridgehead atoms. The van der Waals surface area contributed by atoms with Gasteiger partial charge in [0.2, 0.25) is 17.7 Å². The predicted molar refractivity (Wildman–Crippen MR) is 225 cm³/mol. The van der Waals surface area contributed by atoms with Crippen molar-refractivity contribution in [1.82, 2.24) is 25.2 Å². The van der Waals surface area contributed by atoms with Crippen LogP contribution in [0, 0.1) is 17.8 Å². The van der Waals surface area contributed by atoms with E-state index in [1.54, 1.807) is 41.9 Å². The van der Waals surface area contributed by atoms with Crippen LogP contribution >= 0.6 is 0 Å². The summed E-state index contributed by atoms with van der Waals surface area (Å²) in [5.41, 5.74) is 4.59. The Morgan fingerprint density at radius 1 is 0.889 bits per heavy atom. The molecule has 63 heavy (non-hydrogen) atoms. The molecule has 4 amide bonds. The van der Waals surface area contributed by atoms with E-state index < -0.39 is 17.9 Å². The van der Waals surface area contributed by atoms with Crippen LogP contribution in [0.4, 0.5) is 5.69 Å². The first-order chi connectivity index (χ1) is 30.6. The zero-order chi connectivity index (χ0) is 44.7. The molecule has 0 saturated carbocycles. The van der Waals surface area contributed by atoms with Crippen LogP contribution in [-0.4, -0.2) is 141 Å².